The molecule has 1 unspecified atom stereocenters. The van der Waals surface area contributed by atoms with Crippen molar-refractivity contribution in [2.75, 3.05) is 6.54 Å². The highest BCUT2D eigenvalue weighted by atomic mass is 79.9. The van der Waals surface area contributed by atoms with Gasteiger partial charge in [-0.3, -0.25) is 14.5 Å². The summed E-state index contributed by atoms with van der Waals surface area (Å²) in [6, 6.07) is 3.34. The van der Waals surface area contributed by atoms with E-state index in [-0.39, 0.29) is 17.7 Å². The van der Waals surface area contributed by atoms with Crippen LogP contribution in [0.2, 0.25) is 0 Å². The number of halogens is 1. The minimum atomic E-state index is -0.269. The van der Waals surface area contributed by atoms with Gasteiger partial charge in [-0.2, -0.15) is 0 Å². The van der Waals surface area contributed by atoms with Crippen molar-refractivity contribution in [1.82, 2.24) is 9.88 Å². The Balaban J connectivity index is 2.27. The number of likely N-dealkylation sites (tertiary alicyclic amines) is 1. The highest BCUT2D eigenvalue weighted by Gasteiger charge is 2.32. The number of amides is 2. The fourth-order valence-electron chi connectivity index (χ4n) is 1.77. The highest BCUT2D eigenvalue weighted by molar-refractivity contribution is 9.10. The van der Waals surface area contributed by atoms with Gasteiger partial charge in [0.2, 0.25) is 5.91 Å². The van der Waals surface area contributed by atoms with Gasteiger partial charge in [0.05, 0.1) is 5.56 Å². The lowest BCUT2D eigenvalue weighted by Gasteiger charge is -2.14. The topological polar surface area (TPSA) is 50.3 Å². The van der Waals surface area contributed by atoms with Crippen molar-refractivity contribution in [1.29, 1.82) is 0 Å². The average molecular weight is 283 g/mol. The van der Waals surface area contributed by atoms with Crippen LogP contribution in [-0.4, -0.2) is 28.2 Å². The van der Waals surface area contributed by atoms with E-state index in [1.807, 2.05) is 6.92 Å². The van der Waals surface area contributed by atoms with E-state index in [1.165, 1.54) is 4.90 Å². The second kappa shape index (κ2) is 4.33. The van der Waals surface area contributed by atoms with Crippen LogP contribution >= 0.6 is 15.9 Å². The lowest BCUT2D eigenvalue weighted by atomic mass is 10.2. The smallest absolute Gasteiger partial charge is 0.263 e. The number of rotatable bonds is 1. The Hall–Kier alpha value is -1.23. The third kappa shape index (κ3) is 2.00. The van der Waals surface area contributed by atoms with Crippen LogP contribution in [0.4, 0.5) is 0 Å². The van der Waals surface area contributed by atoms with E-state index in [9.17, 15) is 9.59 Å². The van der Waals surface area contributed by atoms with Gasteiger partial charge in [0.25, 0.3) is 5.91 Å². The summed E-state index contributed by atoms with van der Waals surface area (Å²) >= 11 is 3.21. The van der Waals surface area contributed by atoms with Crippen LogP contribution in [0.1, 0.15) is 23.7 Å². The quantitative estimate of drug-likeness (QED) is 0.584. The molecule has 2 heterocycles. The molecule has 0 saturated carbocycles. The lowest BCUT2D eigenvalue weighted by molar-refractivity contribution is -0.125. The lowest BCUT2D eigenvalue weighted by Crippen LogP contribution is -2.32. The minimum Gasteiger partial charge on any atom is -0.278 e. The summed E-state index contributed by atoms with van der Waals surface area (Å²) in [7, 11) is 0. The number of hydrogen-bond donors (Lipinski definition) is 0. The maximum Gasteiger partial charge on any atom is 0.263 e. The SMILES string of the molecule is CC1CC(=O)N(C(=O)c2cccnc2Br)C1. The van der Waals surface area contributed by atoms with Crippen LogP contribution in [-0.2, 0) is 4.79 Å². The molecular weight excluding hydrogens is 272 g/mol. The summed E-state index contributed by atoms with van der Waals surface area (Å²) in [6.07, 6.45) is 2.04. The molecular formula is C11H11BrN2O2. The Kier molecular flexibility index (Phi) is 3.05. The van der Waals surface area contributed by atoms with Gasteiger partial charge in [-0.15, -0.1) is 0 Å². The molecule has 1 atom stereocenters. The summed E-state index contributed by atoms with van der Waals surface area (Å²) in [5, 5.41) is 0. The van der Waals surface area contributed by atoms with Crippen molar-refractivity contribution < 1.29 is 9.59 Å². The first-order valence-corrected chi connectivity index (χ1v) is 5.84. The van der Waals surface area contributed by atoms with Gasteiger partial charge in [-0.05, 0) is 34.0 Å². The van der Waals surface area contributed by atoms with Gasteiger partial charge in [-0.25, -0.2) is 4.98 Å². The largest absolute Gasteiger partial charge is 0.278 e. The molecule has 0 aromatic carbocycles. The molecule has 2 rings (SSSR count). The zero-order valence-electron chi connectivity index (χ0n) is 8.81. The maximum atomic E-state index is 12.1. The Morgan fingerprint density at radius 2 is 2.38 bits per heavy atom. The van der Waals surface area contributed by atoms with Gasteiger partial charge >= 0.3 is 0 Å². The monoisotopic (exact) mass is 282 g/mol. The Morgan fingerprint density at radius 3 is 2.94 bits per heavy atom. The Morgan fingerprint density at radius 1 is 1.62 bits per heavy atom. The number of nitrogens with zero attached hydrogens (tertiary/aromatic N) is 2. The average Bonchev–Trinajstić information content (AvgIpc) is 2.58. The standard InChI is InChI=1S/C11H11BrN2O2/c1-7-5-9(15)14(6-7)11(16)8-3-2-4-13-10(8)12/h2-4,7H,5-6H2,1H3. The molecule has 1 aromatic rings. The molecule has 0 N–H and O–H groups in total. The fourth-order valence-corrected chi connectivity index (χ4v) is 2.19. The molecule has 0 bridgehead atoms. The predicted octanol–water partition coefficient (Wildman–Crippen LogP) is 1.85. The van der Waals surface area contributed by atoms with Crippen molar-refractivity contribution in [3.05, 3.63) is 28.5 Å². The zero-order chi connectivity index (χ0) is 11.7. The first kappa shape index (κ1) is 11.3. The first-order valence-electron chi connectivity index (χ1n) is 5.05. The minimum absolute atomic E-state index is 0.103. The summed E-state index contributed by atoms with van der Waals surface area (Å²) in [6.45, 7) is 2.46. The number of hydrogen-bond acceptors (Lipinski definition) is 3. The number of carbonyl (C=O) groups excluding carboxylic acids is 2. The summed E-state index contributed by atoms with van der Waals surface area (Å²) in [4.78, 5) is 28.9. The van der Waals surface area contributed by atoms with E-state index in [4.69, 9.17) is 0 Å². The molecule has 84 valence electrons. The number of imide groups is 1. The second-order valence-electron chi connectivity index (χ2n) is 3.96. The maximum absolute atomic E-state index is 12.1. The van der Waals surface area contributed by atoms with E-state index < -0.39 is 0 Å². The molecule has 4 nitrogen and oxygen atoms in total. The van der Waals surface area contributed by atoms with Crippen molar-refractivity contribution in [2.45, 2.75) is 13.3 Å². The molecule has 0 spiro atoms. The number of carbonyl (C=O) groups is 2. The van der Waals surface area contributed by atoms with Crippen LogP contribution in [0, 0.1) is 5.92 Å². The number of pyridine rings is 1. The third-order valence-electron chi connectivity index (χ3n) is 2.55. The van der Waals surface area contributed by atoms with Crippen molar-refractivity contribution in [3.63, 3.8) is 0 Å². The van der Waals surface area contributed by atoms with Gasteiger partial charge < -0.3 is 0 Å². The van der Waals surface area contributed by atoms with Crippen molar-refractivity contribution in [2.24, 2.45) is 5.92 Å². The van der Waals surface area contributed by atoms with Crippen molar-refractivity contribution >= 4 is 27.7 Å². The second-order valence-corrected chi connectivity index (χ2v) is 4.71. The molecule has 2 amide bonds. The summed E-state index contributed by atoms with van der Waals surface area (Å²) in [5.41, 5.74) is 0.435. The predicted molar refractivity (Wildman–Crippen MR) is 61.8 cm³/mol. The fraction of sp³-hybridized carbons (Fsp3) is 0.364. The summed E-state index contributed by atoms with van der Waals surface area (Å²) in [5.74, 6) is -0.130. The van der Waals surface area contributed by atoms with Gasteiger partial charge in [0.1, 0.15) is 4.60 Å². The molecule has 16 heavy (non-hydrogen) atoms. The van der Waals surface area contributed by atoms with Gasteiger partial charge in [0, 0.05) is 19.2 Å². The molecule has 1 aromatic heterocycles. The van der Waals surface area contributed by atoms with E-state index in [0.29, 0.717) is 23.1 Å². The molecule has 1 fully saturated rings. The van der Waals surface area contributed by atoms with E-state index >= 15 is 0 Å². The third-order valence-corrected chi connectivity index (χ3v) is 3.18. The van der Waals surface area contributed by atoms with E-state index in [2.05, 4.69) is 20.9 Å². The Labute approximate surface area is 102 Å². The van der Waals surface area contributed by atoms with E-state index in [0.717, 1.165) is 0 Å². The van der Waals surface area contributed by atoms with Crippen molar-refractivity contribution in [3.8, 4) is 0 Å². The van der Waals surface area contributed by atoms with Gasteiger partial charge in [-0.1, -0.05) is 6.92 Å². The normalized spacial score (nSPS) is 20.2. The molecule has 1 aliphatic rings. The van der Waals surface area contributed by atoms with Crippen LogP contribution in [0.3, 0.4) is 0 Å². The molecule has 0 aliphatic carbocycles. The van der Waals surface area contributed by atoms with Crippen LogP contribution in [0.25, 0.3) is 0 Å². The molecule has 0 radical (unpaired) electrons. The molecule has 1 saturated heterocycles. The van der Waals surface area contributed by atoms with Crippen LogP contribution in [0.15, 0.2) is 22.9 Å². The number of aromatic nitrogens is 1. The highest BCUT2D eigenvalue weighted by Crippen LogP contribution is 2.22. The van der Waals surface area contributed by atoms with Crippen LogP contribution in [0.5, 0.6) is 0 Å². The van der Waals surface area contributed by atoms with Gasteiger partial charge in [0.15, 0.2) is 0 Å². The molecule has 5 heteroatoms. The van der Waals surface area contributed by atoms with Crippen LogP contribution < -0.4 is 0 Å². The zero-order valence-corrected chi connectivity index (χ0v) is 10.4. The summed E-state index contributed by atoms with van der Waals surface area (Å²) < 4.78 is 0.479. The van der Waals surface area contributed by atoms with E-state index in [1.54, 1.807) is 18.3 Å². The first-order chi connectivity index (χ1) is 7.59. The molecule has 1 aliphatic heterocycles. The Bertz CT molecular complexity index is 447.